The van der Waals surface area contributed by atoms with E-state index in [1.54, 1.807) is 6.07 Å². The summed E-state index contributed by atoms with van der Waals surface area (Å²) < 4.78 is 42.9. The van der Waals surface area contributed by atoms with Gasteiger partial charge in [-0.05, 0) is 24.5 Å². The van der Waals surface area contributed by atoms with Gasteiger partial charge in [-0.25, -0.2) is 0 Å². The van der Waals surface area contributed by atoms with Gasteiger partial charge in [0.1, 0.15) is 0 Å². The first-order valence-corrected chi connectivity index (χ1v) is 7.31. The van der Waals surface area contributed by atoms with Gasteiger partial charge in [-0.2, -0.15) is 28.1 Å². The van der Waals surface area contributed by atoms with Gasteiger partial charge in [0.25, 0.3) is 0 Å². The minimum atomic E-state index is -4.39. The quantitative estimate of drug-likeness (QED) is 0.762. The van der Waals surface area contributed by atoms with Gasteiger partial charge in [0, 0.05) is 6.42 Å². The number of nitrogen functional groups attached to an aromatic ring is 2. The number of rotatable bonds is 6. The fraction of sp³-hybridized carbons (Fsp3) is 0.333. The molecule has 134 valence electrons. The second kappa shape index (κ2) is 7.77. The lowest BCUT2D eigenvalue weighted by Gasteiger charge is -2.08. The van der Waals surface area contributed by atoms with Crippen molar-refractivity contribution in [2.75, 3.05) is 11.5 Å². The minimum Gasteiger partial charge on any atom is -0.457 e. The molecule has 0 fully saturated rings. The van der Waals surface area contributed by atoms with Crippen LogP contribution in [0.5, 0.6) is 0 Å². The van der Waals surface area contributed by atoms with E-state index in [0.29, 0.717) is 18.4 Å². The molecule has 0 saturated heterocycles. The molecule has 2 rings (SSSR count). The number of nitrogens with two attached hydrogens (primary N) is 2. The third-order valence-electron chi connectivity index (χ3n) is 3.18. The van der Waals surface area contributed by atoms with Gasteiger partial charge < -0.3 is 16.2 Å². The second-order valence-electron chi connectivity index (χ2n) is 5.18. The van der Waals surface area contributed by atoms with E-state index >= 15 is 0 Å². The smallest absolute Gasteiger partial charge is 0.416 e. The van der Waals surface area contributed by atoms with Crippen molar-refractivity contribution in [1.82, 2.24) is 15.0 Å². The van der Waals surface area contributed by atoms with Crippen LogP contribution in [0.25, 0.3) is 0 Å². The molecule has 0 bridgehead atoms. The number of anilines is 2. The number of hydrogen-bond donors (Lipinski definition) is 2. The normalized spacial score (nSPS) is 11.3. The number of nitrogens with zero attached hydrogens (tertiary/aromatic N) is 3. The van der Waals surface area contributed by atoms with E-state index in [9.17, 15) is 18.0 Å². The highest BCUT2D eigenvalue weighted by atomic mass is 19.4. The molecule has 0 aliphatic rings. The molecule has 2 aromatic rings. The lowest BCUT2D eigenvalue weighted by atomic mass is 10.1. The van der Waals surface area contributed by atoms with E-state index in [2.05, 4.69) is 15.0 Å². The van der Waals surface area contributed by atoms with Crippen LogP contribution in [0, 0.1) is 0 Å². The van der Waals surface area contributed by atoms with Crippen LogP contribution in [0.3, 0.4) is 0 Å². The van der Waals surface area contributed by atoms with Crippen LogP contribution in [0.1, 0.15) is 29.8 Å². The summed E-state index contributed by atoms with van der Waals surface area (Å²) in [6, 6.07) is 4.99. The molecule has 1 aromatic heterocycles. The molecule has 1 heterocycles. The Morgan fingerprint density at radius 1 is 1.12 bits per heavy atom. The molecule has 1 aromatic carbocycles. The zero-order chi connectivity index (χ0) is 18.4. The van der Waals surface area contributed by atoms with Gasteiger partial charge in [0.15, 0.2) is 12.4 Å². The van der Waals surface area contributed by atoms with Crippen molar-refractivity contribution in [3.8, 4) is 0 Å². The monoisotopic (exact) mass is 355 g/mol. The Bertz CT molecular complexity index is 732. The average molecular weight is 355 g/mol. The van der Waals surface area contributed by atoms with E-state index in [4.69, 9.17) is 16.2 Å². The van der Waals surface area contributed by atoms with Gasteiger partial charge in [-0.3, -0.25) is 4.79 Å². The van der Waals surface area contributed by atoms with E-state index in [1.165, 1.54) is 6.07 Å². The molecular formula is C15H16F3N5O2. The van der Waals surface area contributed by atoms with Crippen LogP contribution in [-0.2, 0) is 28.7 Å². The van der Waals surface area contributed by atoms with Crippen LogP contribution in [0.2, 0.25) is 0 Å². The summed E-state index contributed by atoms with van der Waals surface area (Å²) in [6.45, 7) is -0.209. The molecule has 0 saturated carbocycles. The Balaban J connectivity index is 1.79. The average Bonchev–Trinajstić information content (AvgIpc) is 2.51. The number of carbonyl (C=O) groups excluding carboxylic acids is 1. The summed E-state index contributed by atoms with van der Waals surface area (Å²) in [6.07, 6.45) is -3.66. The molecule has 7 nitrogen and oxygen atoms in total. The number of esters is 1. The molecular weight excluding hydrogens is 339 g/mol. The fourth-order valence-corrected chi connectivity index (χ4v) is 2.08. The fourth-order valence-electron chi connectivity index (χ4n) is 2.08. The van der Waals surface area contributed by atoms with Crippen molar-refractivity contribution in [2.24, 2.45) is 0 Å². The molecule has 0 radical (unpaired) electrons. The van der Waals surface area contributed by atoms with Crippen molar-refractivity contribution in [3.05, 3.63) is 41.2 Å². The Morgan fingerprint density at radius 2 is 1.80 bits per heavy atom. The topological polar surface area (TPSA) is 117 Å². The van der Waals surface area contributed by atoms with Crippen molar-refractivity contribution in [3.63, 3.8) is 0 Å². The molecule has 10 heteroatoms. The van der Waals surface area contributed by atoms with Crippen molar-refractivity contribution >= 4 is 17.9 Å². The van der Waals surface area contributed by atoms with Crippen molar-refractivity contribution in [2.45, 2.75) is 32.0 Å². The molecule has 0 spiro atoms. The summed E-state index contributed by atoms with van der Waals surface area (Å²) in [4.78, 5) is 22.8. The van der Waals surface area contributed by atoms with Crippen LogP contribution in [-0.4, -0.2) is 20.9 Å². The first-order chi connectivity index (χ1) is 11.7. The Labute approximate surface area is 141 Å². The van der Waals surface area contributed by atoms with E-state index in [1.807, 2.05) is 0 Å². The van der Waals surface area contributed by atoms with Gasteiger partial charge in [-0.1, -0.05) is 18.2 Å². The zero-order valence-corrected chi connectivity index (χ0v) is 13.1. The van der Waals surface area contributed by atoms with Crippen LogP contribution in [0.4, 0.5) is 25.1 Å². The number of aromatic nitrogens is 3. The number of halogens is 3. The number of carbonyl (C=O) groups is 1. The third kappa shape index (κ3) is 5.90. The maximum Gasteiger partial charge on any atom is 0.416 e. The Morgan fingerprint density at radius 3 is 2.44 bits per heavy atom. The number of hydrogen-bond acceptors (Lipinski definition) is 7. The lowest BCUT2D eigenvalue weighted by molar-refractivity contribution is -0.145. The number of benzene rings is 1. The predicted molar refractivity (Wildman–Crippen MR) is 82.8 cm³/mol. The summed E-state index contributed by atoms with van der Waals surface area (Å²) in [7, 11) is 0. The zero-order valence-electron chi connectivity index (χ0n) is 13.1. The summed E-state index contributed by atoms with van der Waals surface area (Å²) in [5.41, 5.74) is 10.6. The van der Waals surface area contributed by atoms with Gasteiger partial charge in [0.05, 0.1) is 5.56 Å². The van der Waals surface area contributed by atoms with E-state index in [-0.39, 0.29) is 30.7 Å². The molecule has 0 atom stereocenters. The summed E-state index contributed by atoms with van der Waals surface area (Å²) >= 11 is 0. The van der Waals surface area contributed by atoms with Gasteiger partial charge in [-0.15, -0.1) is 0 Å². The standard InChI is InChI=1S/C15H16F3N5O2/c16-15(17,18)10-5-1-3-9(7-10)4-2-6-12(24)25-8-11-21-13(19)23-14(20)22-11/h1,3,5,7H,2,4,6,8H2,(H4,19,20,21,22,23). The van der Waals surface area contributed by atoms with E-state index in [0.717, 1.165) is 12.1 Å². The largest absolute Gasteiger partial charge is 0.457 e. The highest BCUT2D eigenvalue weighted by Gasteiger charge is 2.30. The van der Waals surface area contributed by atoms with Crippen LogP contribution >= 0.6 is 0 Å². The maximum atomic E-state index is 12.6. The first-order valence-electron chi connectivity index (χ1n) is 7.31. The summed E-state index contributed by atoms with van der Waals surface area (Å²) in [5.74, 6) is -0.563. The molecule has 0 aliphatic heterocycles. The van der Waals surface area contributed by atoms with E-state index < -0.39 is 17.7 Å². The number of aryl methyl sites for hydroxylation is 1. The van der Waals surface area contributed by atoms with Crippen LogP contribution in [0.15, 0.2) is 24.3 Å². The molecule has 0 unspecified atom stereocenters. The summed E-state index contributed by atoms with van der Waals surface area (Å²) in [5, 5.41) is 0. The first kappa shape index (κ1) is 18.4. The minimum absolute atomic E-state index is 0.0479. The molecule has 4 N–H and O–H groups in total. The highest BCUT2D eigenvalue weighted by Crippen LogP contribution is 2.29. The van der Waals surface area contributed by atoms with Crippen molar-refractivity contribution in [1.29, 1.82) is 0 Å². The maximum absolute atomic E-state index is 12.6. The molecule has 25 heavy (non-hydrogen) atoms. The highest BCUT2D eigenvalue weighted by molar-refractivity contribution is 5.69. The lowest BCUT2D eigenvalue weighted by Crippen LogP contribution is -2.11. The molecule has 0 aliphatic carbocycles. The SMILES string of the molecule is Nc1nc(N)nc(COC(=O)CCCc2cccc(C(F)(F)F)c2)n1. The number of ether oxygens (including phenoxy) is 1. The Hall–Kier alpha value is -2.91. The number of alkyl halides is 3. The van der Waals surface area contributed by atoms with Gasteiger partial charge >= 0.3 is 12.1 Å². The third-order valence-corrected chi connectivity index (χ3v) is 3.18. The molecule has 0 amide bonds. The Kier molecular flexibility index (Phi) is 5.73. The predicted octanol–water partition coefficient (Wildman–Crippen LogP) is 2.12. The second-order valence-corrected chi connectivity index (χ2v) is 5.18. The van der Waals surface area contributed by atoms with Gasteiger partial charge in [0.2, 0.25) is 11.9 Å². The van der Waals surface area contributed by atoms with Crippen LogP contribution < -0.4 is 11.5 Å². The van der Waals surface area contributed by atoms with Crippen molar-refractivity contribution < 1.29 is 22.7 Å².